The number of nitrogens with one attached hydrogen (secondary N) is 1. The van der Waals surface area contributed by atoms with Crippen LogP contribution in [0, 0.1) is 0 Å². The zero-order chi connectivity index (χ0) is 21.4. The smallest absolute Gasteiger partial charge is 0.231 e. The molecule has 7 nitrogen and oxygen atoms in total. The van der Waals surface area contributed by atoms with Crippen molar-refractivity contribution >= 4 is 34.4 Å². The Bertz CT molecular complexity index is 1200. The Morgan fingerprint density at radius 3 is 2.90 bits per heavy atom. The second-order valence-corrected chi connectivity index (χ2v) is 8.10. The van der Waals surface area contributed by atoms with Crippen molar-refractivity contribution in [1.29, 1.82) is 0 Å². The molecule has 8 heteroatoms. The van der Waals surface area contributed by atoms with Crippen molar-refractivity contribution in [2.75, 3.05) is 12.1 Å². The lowest BCUT2D eigenvalue weighted by atomic mass is 9.93. The van der Waals surface area contributed by atoms with Crippen LogP contribution < -0.4 is 14.8 Å². The largest absolute Gasteiger partial charge is 0.454 e. The SMILES string of the molecule is CC(=O)N1C=Cc2ccccc2C1CC(=O)Nc1nc(-c2ccc3c(c2)OCO3)cs1. The van der Waals surface area contributed by atoms with Gasteiger partial charge in [0.15, 0.2) is 16.6 Å². The molecule has 31 heavy (non-hydrogen) atoms. The summed E-state index contributed by atoms with van der Waals surface area (Å²) in [7, 11) is 0. The fraction of sp³-hybridized carbons (Fsp3) is 0.174. The molecule has 0 saturated carbocycles. The summed E-state index contributed by atoms with van der Waals surface area (Å²) in [4.78, 5) is 31.1. The maximum atomic E-state index is 12.8. The van der Waals surface area contributed by atoms with E-state index in [9.17, 15) is 9.59 Å². The maximum absolute atomic E-state index is 12.8. The minimum absolute atomic E-state index is 0.108. The van der Waals surface area contributed by atoms with Gasteiger partial charge in [-0.2, -0.15) is 0 Å². The minimum Gasteiger partial charge on any atom is -0.454 e. The fourth-order valence-electron chi connectivity index (χ4n) is 3.78. The van der Waals surface area contributed by atoms with E-state index < -0.39 is 0 Å². The highest BCUT2D eigenvalue weighted by Crippen LogP contribution is 2.37. The summed E-state index contributed by atoms with van der Waals surface area (Å²) in [5.41, 5.74) is 3.60. The van der Waals surface area contributed by atoms with Crippen molar-refractivity contribution in [2.24, 2.45) is 0 Å². The highest BCUT2D eigenvalue weighted by molar-refractivity contribution is 7.14. The molecule has 0 fully saturated rings. The molecule has 2 aromatic carbocycles. The lowest BCUT2D eigenvalue weighted by Crippen LogP contribution is -2.33. The third-order valence-corrected chi connectivity index (χ3v) is 6.02. The second-order valence-electron chi connectivity index (χ2n) is 7.24. The van der Waals surface area contributed by atoms with Gasteiger partial charge in [0, 0.05) is 24.1 Å². The molecular weight excluding hydrogens is 414 g/mol. The number of benzene rings is 2. The molecule has 5 rings (SSSR count). The van der Waals surface area contributed by atoms with Gasteiger partial charge in [-0.3, -0.25) is 9.59 Å². The first-order valence-electron chi connectivity index (χ1n) is 9.80. The average Bonchev–Trinajstić information content (AvgIpc) is 3.42. The third kappa shape index (κ3) is 3.77. The number of fused-ring (bicyclic) bond motifs is 2. The van der Waals surface area contributed by atoms with E-state index in [4.69, 9.17) is 9.47 Å². The molecule has 3 heterocycles. The molecule has 2 amide bonds. The van der Waals surface area contributed by atoms with Crippen molar-refractivity contribution in [3.8, 4) is 22.8 Å². The molecule has 0 saturated heterocycles. The summed E-state index contributed by atoms with van der Waals surface area (Å²) in [6.07, 6.45) is 3.77. The van der Waals surface area contributed by atoms with E-state index in [2.05, 4.69) is 10.3 Å². The van der Waals surface area contributed by atoms with Gasteiger partial charge in [0.05, 0.1) is 18.2 Å². The van der Waals surface area contributed by atoms with E-state index >= 15 is 0 Å². The first-order chi connectivity index (χ1) is 15.1. The molecule has 2 aliphatic rings. The Morgan fingerprint density at radius 1 is 1.19 bits per heavy atom. The van der Waals surface area contributed by atoms with Crippen molar-refractivity contribution in [3.63, 3.8) is 0 Å². The van der Waals surface area contributed by atoms with E-state index in [0.29, 0.717) is 16.6 Å². The quantitative estimate of drug-likeness (QED) is 0.658. The molecule has 0 spiro atoms. The zero-order valence-corrected chi connectivity index (χ0v) is 17.5. The highest BCUT2D eigenvalue weighted by atomic mass is 32.1. The van der Waals surface area contributed by atoms with Crippen LogP contribution in [0.1, 0.15) is 30.5 Å². The predicted octanol–water partition coefficient (Wildman–Crippen LogP) is 4.44. The van der Waals surface area contributed by atoms with E-state index in [0.717, 1.165) is 22.4 Å². The molecule has 1 N–H and O–H groups in total. The first-order valence-corrected chi connectivity index (χ1v) is 10.7. The summed E-state index contributed by atoms with van der Waals surface area (Å²) in [6, 6.07) is 13.1. The topological polar surface area (TPSA) is 80.8 Å². The number of amides is 2. The predicted molar refractivity (Wildman–Crippen MR) is 118 cm³/mol. The Morgan fingerprint density at radius 2 is 2.03 bits per heavy atom. The fourth-order valence-corrected chi connectivity index (χ4v) is 4.51. The highest BCUT2D eigenvalue weighted by Gasteiger charge is 2.28. The van der Waals surface area contributed by atoms with Crippen LogP contribution in [0.3, 0.4) is 0 Å². The van der Waals surface area contributed by atoms with Gasteiger partial charge in [-0.25, -0.2) is 4.98 Å². The third-order valence-electron chi connectivity index (χ3n) is 5.27. The molecule has 0 radical (unpaired) electrons. The molecule has 156 valence electrons. The summed E-state index contributed by atoms with van der Waals surface area (Å²) >= 11 is 1.35. The Kier molecular flexibility index (Phi) is 4.91. The maximum Gasteiger partial charge on any atom is 0.231 e. The van der Waals surface area contributed by atoms with Crippen molar-refractivity contribution in [3.05, 3.63) is 65.2 Å². The Labute approximate surface area is 182 Å². The van der Waals surface area contributed by atoms with Gasteiger partial charge < -0.3 is 19.7 Å². The number of aromatic nitrogens is 1. The summed E-state index contributed by atoms with van der Waals surface area (Å²) in [5, 5.41) is 5.26. The minimum atomic E-state index is -0.355. The van der Waals surface area contributed by atoms with Crippen molar-refractivity contribution in [2.45, 2.75) is 19.4 Å². The van der Waals surface area contributed by atoms with Gasteiger partial charge in [0.2, 0.25) is 18.6 Å². The molecule has 0 aliphatic carbocycles. The lowest BCUT2D eigenvalue weighted by molar-refractivity contribution is -0.129. The van der Waals surface area contributed by atoms with E-state index in [-0.39, 0.29) is 31.1 Å². The van der Waals surface area contributed by atoms with Gasteiger partial charge in [0.25, 0.3) is 0 Å². The lowest BCUT2D eigenvalue weighted by Gasteiger charge is -2.32. The average molecular weight is 433 g/mol. The molecule has 3 aromatic rings. The zero-order valence-electron chi connectivity index (χ0n) is 16.7. The van der Waals surface area contributed by atoms with Crippen LogP contribution in [-0.4, -0.2) is 28.5 Å². The summed E-state index contributed by atoms with van der Waals surface area (Å²) in [5.74, 6) is 1.09. The number of hydrogen-bond donors (Lipinski definition) is 1. The van der Waals surface area contributed by atoms with Crippen LogP contribution >= 0.6 is 11.3 Å². The number of rotatable bonds is 4. The van der Waals surface area contributed by atoms with E-state index in [1.165, 1.54) is 18.3 Å². The number of hydrogen-bond acceptors (Lipinski definition) is 6. The monoisotopic (exact) mass is 433 g/mol. The number of carbonyl (C=O) groups is 2. The van der Waals surface area contributed by atoms with Gasteiger partial charge in [0.1, 0.15) is 0 Å². The van der Waals surface area contributed by atoms with Gasteiger partial charge in [-0.1, -0.05) is 24.3 Å². The first kappa shape index (κ1) is 19.3. The van der Waals surface area contributed by atoms with E-state index in [1.54, 1.807) is 11.1 Å². The number of nitrogens with zero attached hydrogens (tertiary/aromatic N) is 2. The standard InChI is InChI=1S/C23H19N3O4S/c1-14(27)26-9-8-15-4-2-3-5-17(15)19(26)11-22(28)25-23-24-18(12-31-23)16-6-7-20-21(10-16)30-13-29-20/h2-10,12,19H,11,13H2,1H3,(H,24,25,28). The van der Waals surface area contributed by atoms with Gasteiger partial charge in [-0.15, -0.1) is 11.3 Å². The molecule has 1 atom stereocenters. The molecule has 1 unspecified atom stereocenters. The Balaban J connectivity index is 1.32. The van der Waals surface area contributed by atoms with Crippen molar-refractivity contribution in [1.82, 2.24) is 9.88 Å². The second kappa shape index (κ2) is 7.88. The van der Waals surface area contributed by atoms with Crippen LogP contribution in [0.4, 0.5) is 5.13 Å². The van der Waals surface area contributed by atoms with Crippen LogP contribution in [0.25, 0.3) is 17.3 Å². The van der Waals surface area contributed by atoms with Crippen LogP contribution in [-0.2, 0) is 9.59 Å². The number of anilines is 1. The van der Waals surface area contributed by atoms with Crippen LogP contribution in [0.2, 0.25) is 0 Å². The normalized spacial score (nSPS) is 16.2. The summed E-state index contributed by atoms with van der Waals surface area (Å²) in [6.45, 7) is 1.72. The van der Waals surface area contributed by atoms with Gasteiger partial charge in [-0.05, 0) is 35.4 Å². The van der Waals surface area contributed by atoms with E-state index in [1.807, 2.05) is 53.9 Å². The van der Waals surface area contributed by atoms with Crippen molar-refractivity contribution < 1.29 is 19.1 Å². The Hall–Kier alpha value is -3.65. The molecule has 2 aliphatic heterocycles. The number of thiazole rings is 1. The number of ether oxygens (including phenoxy) is 2. The molecular formula is C23H19N3O4S. The van der Waals surface area contributed by atoms with Crippen LogP contribution in [0.15, 0.2) is 54.0 Å². The van der Waals surface area contributed by atoms with Gasteiger partial charge >= 0.3 is 0 Å². The molecule has 1 aromatic heterocycles. The molecule has 0 bridgehead atoms. The summed E-state index contributed by atoms with van der Waals surface area (Å²) < 4.78 is 10.8. The number of carbonyl (C=O) groups excluding carboxylic acids is 2. The van der Waals surface area contributed by atoms with Crippen LogP contribution in [0.5, 0.6) is 11.5 Å².